The van der Waals surface area contributed by atoms with Gasteiger partial charge in [0.15, 0.2) is 17.1 Å². The third-order valence-corrected chi connectivity index (χ3v) is 5.72. The number of benzene rings is 2. The number of piperazine rings is 1. The van der Waals surface area contributed by atoms with Crippen LogP contribution in [0.4, 0.5) is 6.01 Å². The molecule has 3 aromatic rings. The Hall–Kier alpha value is -2.85. The van der Waals surface area contributed by atoms with E-state index in [-0.39, 0.29) is 25.1 Å². The molecule has 176 valence electrons. The third kappa shape index (κ3) is 6.14. The van der Waals surface area contributed by atoms with Gasteiger partial charge in [-0.2, -0.15) is 4.98 Å². The van der Waals surface area contributed by atoms with E-state index in [1.807, 2.05) is 24.3 Å². The first-order chi connectivity index (χ1) is 16.0. The van der Waals surface area contributed by atoms with Gasteiger partial charge in [0, 0.05) is 32.7 Å². The number of para-hydroxylation sites is 3. The normalized spacial score (nSPS) is 16.0. The Morgan fingerprint density at radius 1 is 1.15 bits per heavy atom. The van der Waals surface area contributed by atoms with Crippen molar-refractivity contribution in [2.45, 2.75) is 6.10 Å². The van der Waals surface area contributed by atoms with Crippen molar-refractivity contribution in [2.24, 2.45) is 0 Å². The first-order valence-corrected chi connectivity index (χ1v) is 11.1. The molecule has 2 heterocycles. The number of nitrogens with one attached hydrogen (secondary N) is 1. The Kier molecular flexibility index (Phi) is 7.66. The van der Waals surface area contributed by atoms with Crippen molar-refractivity contribution in [2.75, 3.05) is 58.3 Å². The summed E-state index contributed by atoms with van der Waals surface area (Å²) in [4.78, 5) is 20.9. The number of hydrogen-bond donors (Lipinski definition) is 2. The van der Waals surface area contributed by atoms with E-state index in [0.717, 1.165) is 13.1 Å². The second kappa shape index (κ2) is 10.8. The molecule has 1 saturated heterocycles. The van der Waals surface area contributed by atoms with Crippen LogP contribution in [0, 0.1) is 0 Å². The van der Waals surface area contributed by atoms with Crippen molar-refractivity contribution < 1.29 is 23.8 Å². The molecule has 1 unspecified atom stereocenters. The van der Waals surface area contributed by atoms with Crippen LogP contribution in [-0.2, 0) is 4.79 Å². The Morgan fingerprint density at radius 3 is 2.61 bits per heavy atom. The lowest BCUT2D eigenvalue weighted by molar-refractivity contribution is -0.117. The molecule has 2 aromatic carbocycles. The zero-order chi connectivity index (χ0) is 23.2. The predicted octanol–water partition coefficient (Wildman–Crippen LogP) is 2.49. The Balaban J connectivity index is 1.18. The number of carbonyl (C=O) groups excluding carboxylic acids is 1. The first kappa shape index (κ1) is 23.3. The summed E-state index contributed by atoms with van der Waals surface area (Å²) in [6, 6.07) is 12.7. The number of β-amino-alcohol motifs (C(OH)–C–C–N with tert-alkyl or cyclic N) is 1. The van der Waals surface area contributed by atoms with Crippen molar-refractivity contribution in [3.05, 3.63) is 47.5 Å². The van der Waals surface area contributed by atoms with Crippen molar-refractivity contribution in [3.8, 4) is 11.5 Å². The fourth-order valence-corrected chi connectivity index (χ4v) is 3.94. The number of aliphatic hydroxyl groups is 1. The standard InChI is InChI=1S/C23H27ClN4O5/c1-31-18-6-2-3-7-19(18)32-15-16(29)13-27-9-11-28(12-10-27)14-21(30)25-23-26-22-17(24)5-4-8-20(22)33-23/h2-8,16,29H,9-15H2,1H3,(H,25,26,30). The van der Waals surface area contributed by atoms with E-state index >= 15 is 0 Å². The molecule has 0 aliphatic carbocycles. The molecular weight excluding hydrogens is 448 g/mol. The maximum atomic E-state index is 12.4. The molecule has 33 heavy (non-hydrogen) atoms. The number of rotatable bonds is 9. The number of amides is 1. The average Bonchev–Trinajstić information content (AvgIpc) is 3.23. The lowest BCUT2D eigenvalue weighted by atomic mass is 10.2. The quantitative estimate of drug-likeness (QED) is 0.488. The number of oxazole rings is 1. The maximum Gasteiger partial charge on any atom is 0.302 e. The maximum absolute atomic E-state index is 12.4. The fraction of sp³-hybridized carbons (Fsp3) is 0.391. The minimum absolute atomic E-state index is 0.139. The van der Waals surface area contributed by atoms with Gasteiger partial charge in [0.1, 0.15) is 18.2 Å². The van der Waals surface area contributed by atoms with E-state index < -0.39 is 6.10 Å². The van der Waals surface area contributed by atoms with E-state index in [2.05, 4.69) is 20.1 Å². The zero-order valence-electron chi connectivity index (χ0n) is 18.4. The van der Waals surface area contributed by atoms with Crippen molar-refractivity contribution in [1.29, 1.82) is 0 Å². The molecule has 1 atom stereocenters. The van der Waals surface area contributed by atoms with Crippen LogP contribution in [0.15, 0.2) is 46.9 Å². The van der Waals surface area contributed by atoms with Crippen molar-refractivity contribution in [3.63, 3.8) is 0 Å². The number of aliphatic hydroxyl groups excluding tert-OH is 1. The van der Waals surface area contributed by atoms with Gasteiger partial charge in [0.25, 0.3) is 0 Å². The summed E-state index contributed by atoms with van der Waals surface area (Å²) in [5.41, 5.74) is 1.05. The second-order valence-corrected chi connectivity index (χ2v) is 8.25. The first-order valence-electron chi connectivity index (χ1n) is 10.8. The molecular formula is C23H27ClN4O5. The van der Waals surface area contributed by atoms with Gasteiger partial charge in [-0.25, -0.2) is 0 Å². The lowest BCUT2D eigenvalue weighted by Gasteiger charge is -2.35. The van der Waals surface area contributed by atoms with Crippen LogP contribution in [0.5, 0.6) is 11.5 Å². The summed E-state index contributed by atoms with van der Waals surface area (Å²) in [5.74, 6) is 1.05. The molecule has 1 aliphatic rings. The van der Waals surface area contributed by atoms with Gasteiger partial charge in [0.2, 0.25) is 5.91 Å². The van der Waals surface area contributed by atoms with Gasteiger partial charge < -0.3 is 19.0 Å². The molecule has 0 bridgehead atoms. The number of fused-ring (bicyclic) bond motifs is 1. The van der Waals surface area contributed by atoms with Crippen LogP contribution < -0.4 is 14.8 Å². The Labute approximate surface area is 196 Å². The lowest BCUT2D eigenvalue weighted by Crippen LogP contribution is -2.50. The summed E-state index contributed by atoms with van der Waals surface area (Å²) in [5, 5.41) is 13.5. The van der Waals surface area contributed by atoms with E-state index in [9.17, 15) is 9.90 Å². The molecule has 2 N–H and O–H groups in total. The fourth-order valence-electron chi connectivity index (χ4n) is 3.74. The molecule has 9 nitrogen and oxygen atoms in total. The summed E-state index contributed by atoms with van der Waals surface area (Å²) < 4.78 is 16.5. The molecule has 1 amide bonds. The van der Waals surface area contributed by atoms with Gasteiger partial charge in [-0.1, -0.05) is 29.8 Å². The zero-order valence-corrected chi connectivity index (χ0v) is 19.1. The molecule has 4 rings (SSSR count). The largest absolute Gasteiger partial charge is 0.493 e. The minimum Gasteiger partial charge on any atom is -0.493 e. The summed E-state index contributed by atoms with van der Waals surface area (Å²) >= 11 is 6.10. The van der Waals surface area contributed by atoms with Crippen molar-refractivity contribution in [1.82, 2.24) is 14.8 Å². The predicted molar refractivity (Wildman–Crippen MR) is 125 cm³/mol. The van der Waals surface area contributed by atoms with Crippen LogP contribution in [0.2, 0.25) is 5.02 Å². The molecule has 0 radical (unpaired) electrons. The molecule has 0 saturated carbocycles. The van der Waals surface area contributed by atoms with Crippen LogP contribution in [-0.4, -0.2) is 84.9 Å². The Bertz CT molecular complexity index is 1080. The van der Waals surface area contributed by atoms with E-state index in [1.165, 1.54) is 0 Å². The van der Waals surface area contributed by atoms with E-state index in [1.54, 1.807) is 25.3 Å². The highest BCUT2D eigenvalue weighted by Crippen LogP contribution is 2.26. The van der Waals surface area contributed by atoms with Crippen molar-refractivity contribution >= 4 is 34.6 Å². The topological polar surface area (TPSA) is 100 Å². The van der Waals surface area contributed by atoms with E-state index in [4.69, 9.17) is 25.5 Å². The SMILES string of the molecule is COc1ccccc1OCC(O)CN1CCN(CC(=O)Nc2nc3c(Cl)cccc3o2)CC1. The molecule has 1 aromatic heterocycles. The molecule has 10 heteroatoms. The average molecular weight is 475 g/mol. The third-order valence-electron chi connectivity index (χ3n) is 5.42. The van der Waals surface area contributed by atoms with Gasteiger partial charge in [-0.15, -0.1) is 0 Å². The smallest absolute Gasteiger partial charge is 0.302 e. The van der Waals surface area contributed by atoms with Gasteiger partial charge >= 0.3 is 6.01 Å². The van der Waals surface area contributed by atoms with Gasteiger partial charge in [0.05, 0.1) is 18.7 Å². The van der Waals surface area contributed by atoms with Gasteiger partial charge in [-0.3, -0.25) is 19.9 Å². The van der Waals surface area contributed by atoms with Gasteiger partial charge in [-0.05, 0) is 24.3 Å². The Morgan fingerprint density at radius 2 is 1.88 bits per heavy atom. The minimum atomic E-state index is -0.629. The number of methoxy groups -OCH3 is 1. The molecule has 1 aliphatic heterocycles. The summed E-state index contributed by atoms with van der Waals surface area (Å²) in [6.45, 7) is 3.84. The molecule has 0 spiro atoms. The molecule has 1 fully saturated rings. The number of carbonyl (C=O) groups is 1. The monoisotopic (exact) mass is 474 g/mol. The number of halogens is 1. The number of anilines is 1. The highest BCUT2D eigenvalue weighted by Gasteiger charge is 2.22. The summed E-state index contributed by atoms with van der Waals surface area (Å²) in [7, 11) is 1.58. The highest BCUT2D eigenvalue weighted by molar-refractivity contribution is 6.34. The summed E-state index contributed by atoms with van der Waals surface area (Å²) in [6.07, 6.45) is -0.629. The van der Waals surface area contributed by atoms with Crippen LogP contribution in [0.25, 0.3) is 11.1 Å². The number of aromatic nitrogens is 1. The number of ether oxygens (including phenoxy) is 2. The van der Waals surface area contributed by atoms with Crippen LogP contribution in [0.3, 0.4) is 0 Å². The number of hydrogen-bond acceptors (Lipinski definition) is 8. The van der Waals surface area contributed by atoms with Crippen LogP contribution in [0.1, 0.15) is 0 Å². The van der Waals surface area contributed by atoms with E-state index in [0.29, 0.717) is 47.3 Å². The number of nitrogens with zero attached hydrogens (tertiary/aromatic N) is 3. The second-order valence-electron chi connectivity index (χ2n) is 7.85. The van der Waals surface area contributed by atoms with Crippen LogP contribution >= 0.6 is 11.6 Å². The highest BCUT2D eigenvalue weighted by atomic mass is 35.5.